The number of rotatable bonds is 2. The minimum absolute atomic E-state index is 0.0401. The van der Waals surface area contributed by atoms with E-state index in [4.69, 9.17) is 4.74 Å². The largest absolute Gasteiger partial charge is 0.450 e. The van der Waals surface area contributed by atoms with E-state index in [1.54, 1.807) is 11.8 Å². The first-order valence-electron chi connectivity index (χ1n) is 7.88. The second kappa shape index (κ2) is 6.37. The molecule has 3 rings (SSSR count). The van der Waals surface area contributed by atoms with Crippen LogP contribution in [0.3, 0.4) is 0 Å². The van der Waals surface area contributed by atoms with Gasteiger partial charge in [-0.3, -0.25) is 4.79 Å². The second-order valence-corrected chi connectivity index (χ2v) is 5.78. The minimum atomic E-state index is -0.281. The Morgan fingerprint density at radius 1 is 1.23 bits per heavy atom. The predicted octanol–water partition coefficient (Wildman–Crippen LogP) is 0.746. The zero-order valence-electron chi connectivity index (χ0n) is 12.9. The molecule has 1 aromatic rings. The predicted molar refractivity (Wildman–Crippen MR) is 79.2 cm³/mol. The maximum Gasteiger partial charge on any atom is 0.409 e. The fourth-order valence-electron chi connectivity index (χ4n) is 3.16. The molecule has 0 saturated carbocycles. The third kappa shape index (κ3) is 2.93. The summed E-state index contributed by atoms with van der Waals surface area (Å²) in [6.07, 6.45) is 5.01. The van der Waals surface area contributed by atoms with Crippen molar-refractivity contribution in [2.24, 2.45) is 5.92 Å². The van der Waals surface area contributed by atoms with Crippen LogP contribution in [0.15, 0.2) is 12.5 Å². The Bertz CT molecular complexity index is 549. The van der Waals surface area contributed by atoms with Gasteiger partial charge in [-0.05, 0) is 13.3 Å². The summed E-state index contributed by atoms with van der Waals surface area (Å²) in [6, 6.07) is 0. The van der Waals surface area contributed by atoms with Gasteiger partial charge in [0.05, 0.1) is 12.9 Å². The molecule has 22 heavy (non-hydrogen) atoms. The van der Waals surface area contributed by atoms with E-state index in [2.05, 4.69) is 9.55 Å². The highest BCUT2D eigenvalue weighted by Crippen LogP contribution is 2.22. The van der Waals surface area contributed by atoms with E-state index >= 15 is 0 Å². The first kappa shape index (κ1) is 14.9. The lowest BCUT2D eigenvalue weighted by molar-refractivity contribution is -0.137. The van der Waals surface area contributed by atoms with Gasteiger partial charge in [0, 0.05) is 57.0 Å². The van der Waals surface area contributed by atoms with E-state index in [0.29, 0.717) is 32.8 Å². The van der Waals surface area contributed by atoms with Crippen molar-refractivity contribution in [1.29, 1.82) is 0 Å². The van der Waals surface area contributed by atoms with Crippen LogP contribution >= 0.6 is 0 Å². The lowest BCUT2D eigenvalue weighted by atomic mass is 9.94. The number of nitrogens with zero attached hydrogens (tertiary/aromatic N) is 4. The molecule has 2 aliphatic heterocycles. The van der Waals surface area contributed by atoms with E-state index in [1.807, 2.05) is 17.4 Å². The van der Waals surface area contributed by atoms with Gasteiger partial charge >= 0.3 is 6.09 Å². The molecule has 7 nitrogen and oxygen atoms in total. The summed E-state index contributed by atoms with van der Waals surface area (Å²) in [5.41, 5.74) is 1.13. The van der Waals surface area contributed by atoms with Crippen LogP contribution in [-0.4, -0.2) is 64.1 Å². The Kier molecular flexibility index (Phi) is 4.31. The van der Waals surface area contributed by atoms with Crippen LogP contribution in [0.4, 0.5) is 4.79 Å². The zero-order chi connectivity index (χ0) is 15.5. The first-order valence-corrected chi connectivity index (χ1v) is 7.88. The Morgan fingerprint density at radius 2 is 1.95 bits per heavy atom. The topological polar surface area (TPSA) is 67.7 Å². The first-order chi connectivity index (χ1) is 10.7. The average molecular weight is 306 g/mol. The molecule has 1 fully saturated rings. The monoisotopic (exact) mass is 306 g/mol. The van der Waals surface area contributed by atoms with Crippen molar-refractivity contribution in [3.63, 3.8) is 0 Å². The molecule has 0 aliphatic carbocycles. The average Bonchev–Trinajstić information content (AvgIpc) is 3.02. The van der Waals surface area contributed by atoms with Gasteiger partial charge in [-0.2, -0.15) is 0 Å². The molecule has 7 heteroatoms. The van der Waals surface area contributed by atoms with Crippen LogP contribution in [0.1, 0.15) is 19.0 Å². The van der Waals surface area contributed by atoms with Crippen molar-refractivity contribution < 1.29 is 14.3 Å². The second-order valence-electron chi connectivity index (χ2n) is 5.78. The van der Waals surface area contributed by atoms with Gasteiger partial charge in [-0.15, -0.1) is 0 Å². The summed E-state index contributed by atoms with van der Waals surface area (Å²) in [5.74, 6) is 0.245. The highest BCUT2D eigenvalue weighted by Gasteiger charge is 2.31. The van der Waals surface area contributed by atoms with Crippen LogP contribution in [0.2, 0.25) is 0 Å². The minimum Gasteiger partial charge on any atom is -0.450 e. The number of carbonyl (C=O) groups excluding carboxylic acids is 2. The molecular weight excluding hydrogens is 284 g/mol. The number of imidazole rings is 1. The van der Waals surface area contributed by atoms with Crippen molar-refractivity contribution in [3.8, 4) is 0 Å². The van der Waals surface area contributed by atoms with Crippen LogP contribution < -0.4 is 0 Å². The quantitative estimate of drug-likeness (QED) is 0.808. The summed E-state index contributed by atoms with van der Waals surface area (Å²) < 4.78 is 7.11. The van der Waals surface area contributed by atoms with Gasteiger partial charge < -0.3 is 19.1 Å². The molecular formula is C15H22N4O3. The molecule has 1 unspecified atom stereocenters. The molecule has 0 N–H and O–H groups in total. The van der Waals surface area contributed by atoms with Crippen LogP contribution in [0.25, 0.3) is 0 Å². The van der Waals surface area contributed by atoms with E-state index in [0.717, 1.165) is 25.1 Å². The van der Waals surface area contributed by atoms with E-state index < -0.39 is 0 Å². The molecule has 0 aromatic carbocycles. The molecule has 0 spiro atoms. The lowest BCUT2D eigenvalue weighted by Crippen LogP contribution is -2.52. The van der Waals surface area contributed by atoms with Crippen LogP contribution in [-0.2, 0) is 22.5 Å². The summed E-state index contributed by atoms with van der Waals surface area (Å²) in [4.78, 5) is 32.0. The molecule has 0 bridgehead atoms. The summed E-state index contributed by atoms with van der Waals surface area (Å²) in [7, 11) is 0. The molecule has 1 saturated heterocycles. The molecule has 2 aliphatic rings. The molecule has 3 heterocycles. The normalized spacial score (nSPS) is 21.4. The SMILES string of the molecule is CCOC(=O)N1CCN(C(=O)C2CCn3cncc3C2)CC1. The number of hydrogen-bond acceptors (Lipinski definition) is 4. The van der Waals surface area contributed by atoms with Crippen molar-refractivity contribution in [2.75, 3.05) is 32.8 Å². The Balaban J connectivity index is 1.53. The zero-order valence-corrected chi connectivity index (χ0v) is 12.9. The molecule has 1 aromatic heterocycles. The van der Waals surface area contributed by atoms with E-state index in [9.17, 15) is 9.59 Å². The fourth-order valence-corrected chi connectivity index (χ4v) is 3.16. The lowest BCUT2D eigenvalue weighted by Gasteiger charge is -2.36. The molecule has 0 radical (unpaired) electrons. The van der Waals surface area contributed by atoms with Gasteiger partial charge in [0.1, 0.15) is 0 Å². The third-order valence-corrected chi connectivity index (χ3v) is 4.44. The summed E-state index contributed by atoms with van der Waals surface area (Å²) in [5, 5.41) is 0. The van der Waals surface area contributed by atoms with Crippen molar-refractivity contribution >= 4 is 12.0 Å². The van der Waals surface area contributed by atoms with Crippen LogP contribution in [0.5, 0.6) is 0 Å². The Labute approximate surface area is 129 Å². The van der Waals surface area contributed by atoms with Gasteiger partial charge in [-0.25, -0.2) is 9.78 Å². The van der Waals surface area contributed by atoms with Crippen molar-refractivity contribution in [3.05, 3.63) is 18.2 Å². The van der Waals surface area contributed by atoms with Crippen LogP contribution in [0, 0.1) is 5.92 Å². The number of carbonyl (C=O) groups is 2. The Morgan fingerprint density at radius 3 is 2.68 bits per heavy atom. The molecule has 120 valence electrons. The highest BCUT2D eigenvalue weighted by molar-refractivity contribution is 5.79. The number of amides is 2. The molecule has 2 amide bonds. The van der Waals surface area contributed by atoms with Gasteiger partial charge in [0.25, 0.3) is 0 Å². The maximum atomic E-state index is 12.6. The smallest absolute Gasteiger partial charge is 0.409 e. The highest BCUT2D eigenvalue weighted by atomic mass is 16.6. The number of aryl methyl sites for hydroxylation is 1. The number of aromatic nitrogens is 2. The van der Waals surface area contributed by atoms with Gasteiger partial charge in [-0.1, -0.05) is 0 Å². The van der Waals surface area contributed by atoms with E-state index in [1.165, 1.54) is 0 Å². The maximum absolute atomic E-state index is 12.6. The van der Waals surface area contributed by atoms with Gasteiger partial charge in [0.15, 0.2) is 0 Å². The van der Waals surface area contributed by atoms with E-state index in [-0.39, 0.29) is 17.9 Å². The number of ether oxygens (including phenoxy) is 1. The Hall–Kier alpha value is -2.05. The molecule has 1 atom stereocenters. The van der Waals surface area contributed by atoms with Gasteiger partial charge in [0.2, 0.25) is 5.91 Å². The third-order valence-electron chi connectivity index (χ3n) is 4.44. The summed E-state index contributed by atoms with van der Waals surface area (Å²) >= 11 is 0. The number of fused-ring (bicyclic) bond motifs is 1. The van der Waals surface area contributed by atoms with Crippen molar-refractivity contribution in [2.45, 2.75) is 26.3 Å². The fraction of sp³-hybridized carbons (Fsp3) is 0.667. The van der Waals surface area contributed by atoms with Crippen molar-refractivity contribution in [1.82, 2.24) is 19.4 Å². The number of hydrogen-bond donors (Lipinski definition) is 0. The summed E-state index contributed by atoms with van der Waals surface area (Å²) in [6.45, 7) is 5.32. The number of piperazine rings is 1. The standard InChI is InChI=1S/C15H22N4O3/c1-2-22-15(21)18-7-5-17(6-8-18)14(20)12-3-4-19-11-16-10-13(19)9-12/h10-12H,2-9H2,1H3.